The summed E-state index contributed by atoms with van der Waals surface area (Å²) in [7, 11) is 0. The second-order valence-corrected chi connectivity index (χ2v) is 5.02. The van der Waals surface area contributed by atoms with Gasteiger partial charge in [0, 0.05) is 31.3 Å². The molecule has 0 aromatic heterocycles. The zero-order valence-electron chi connectivity index (χ0n) is 10.6. The fraction of sp³-hybridized carbons (Fsp3) is 0.571. The maximum atomic E-state index is 5.73. The first-order valence-electron chi connectivity index (χ1n) is 6.71. The Hall–Kier alpha value is -1.42. The normalized spacial score (nSPS) is 22.9. The van der Waals surface area contributed by atoms with Gasteiger partial charge in [-0.15, -0.1) is 0 Å². The molecule has 3 rings (SSSR count). The molecular formula is C14H20N2O2. The molecule has 0 amide bonds. The van der Waals surface area contributed by atoms with Crippen LogP contribution < -0.4 is 20.1 Å². The highest BCUT2D eigenvalue weighted by atomic mass is 16.5. The lowest BCUT2D eigenvalue weighted by atomic mass is 10.1. The SMILES string of the molecule is NCC1CCN(c2ccc3c(c2)OCCCO3)C1. The van der Waals surface area contributed by atoms with Crippen LogP contribution in [-0.2, 0) is 0 Å². The van der Waals surface area contributed by atoms with Crippen molar-refractivity contribution in [2.75, 3.05) is 37.7 Å². The summed E-state index contributed by atoms with van der Waals surface area (Å²) in [5.41, 5.74) is 6.95. The molecule has 0 saturated carbocycles. The van der Waals surface area contributed by atoms with E-state index < -0.39 is 0 Å². The zero-order valence-corrected chi connectivity index (χ0v) is 10.6. The monoisotopic (exact) mass is 248 g/mol. The number of rotatable bonds is 2. The van der Waals surface area contributed by atoms with Crippen LogP contribution in [0.5, 0.6) is 11.5 Å². The molecule has 2 N–H and O–H groups in total. The molecule has 0 bridgehead atoms. The number of hydrogen-bond donors (Lipinski definition) is 1. The highest BCUT2D eigenvalue weighted by molar-refractivity contribution is 5.57. The van der Waals surface area contributed by atoms with E-state index in [0.717, 1.165) is 50.8 Å². The molecule has 4 heteroatoms. The minimum absolute atomic E-state index is 0.626. The van der Waals surface area contributed by atoms with Gasteiger partial charge in [0.15, 0.2) is 11.5 Å². The summed E-state index contributed by atoms with van der Waals surface area (Å²) in [6.07, 6.45) is 2.13. The number of hydrogen-bond acceptors (Lipinski definition) is 4. The van der Waals surface area contributed by atoms with Crippen molar-refractivity contribution in [3.63, 3.8) is 0 Å². The lowest BCUT2D eigenvalue weighted by molar-refractivity contribution is 0.297. The second-order valence-electron chi connectivity index (χ2n) is 5.02. The molecule has 2 heterocycles. The van der Waals surface area contributed by atoms with E-state index in [1.807, 2.05) is 6.07 Å². The Bertz CT molecular complexity index is 422. The number of nitrogens with two attached hydrogens (primary N) is 1. The van der Waals surface area contributed by atoms with Crippen LogP contribution in [0.15, 0.2) is 18.2 Å². The number of benzene rings is 1. The third kappa shape index (κ3) is 2.25. The predicted octanol–water partition coefficient (Wildman–Crippen LogP) is 1.63. The predicted molar refractivity (Wildman–Crippen MR) is 71.4 cm³/mol. The number of fused-ring (bicyclic) bond motifs is 1. The van der Waals surface area contributed by atoms with Gasteiger partial charge in [0.25, 0.3) is 0 Å². The van der Waals surface area contributed by atoms with E-state index in [-0.39, 0.29) is 0 Å². The van der Waals surface area contributed by atoms with E-state index in [9.17, 15) is 0 Å². The first-order chi connectivity index (χ1) is 8.86. The Morgan fingerprint density at radius 1 is 1.22 bits per heavy atom. The van der Waals surface area contributed by atoms with Gasteiger partial charge >= 0.3 is 0 Å². The minimum atomic E-state index is 0.626. The van der Waals surface area contributed by atoms with Crippen LogP contribution in [0.1, 0.15) is 12.8 Å². The van der Waals surface area contributed by atoms with Gasteiger partial charge in [0.05, 0.1) is 13.2 Å². The summed E-state index contributed by atoms with van der Waals surface area (Å²) in [5, 5.41) is 0. The summed E-state index contributed by atoms with van der Waals surface area (Å²) in [6.45, 7) is 4.39. The average Bonchev–Trinajstić information content (AvgIpc) is 2.76. The van der Waals surface area contributed by atoms with Gasteiger partial charge in [0.1, 0.15) is 0 Å². The van der Waals surface area contributed by atoms with Crippen LogP contribution in [-0.4, -0.2) is 32.8 Å². The van der Waals surface area contributed by atoms with Gasteiger partial charge < -0.3 is 20.1 Å². The molecule has 1 atom stereocenters. The lowest BCUT2D eigenvalue weighted by Crippen LogP contribution is -2.22. The Balaban J connectivity index is 1.79. The smallest absolute Gasteiger partial charge is 0.163 e. The molecule has 2 aliphatic rings. The Kier molecular flexibility index (Phi) is 3.28. The van der Waals surface area contributed by atoms with E-state index in [1.165, 1.54) is 12.1 Å². The quantitative estimate of drug-likeness (QED) is 0.864. The summed E-state index contributed by atoms with van der Waals surface area (Å²) in [4.78, 5) is 2.38. The fourth-order valence-electron chi connectivity index (χ4n) is 2.61. The van der Waals surface area contributed by atoms with Crippen molar-refractivity contribution in [3.05, 3.63) is 18.2 Å². The Labute approximate surface area is 108 Å². The van der Waals surface area contributed by atoms with Crippen LogP contribution in [0.4, 0.5) is 5.69 Å². The fourth-order valence-corrected chi connectivity index (χ4v) is 2.61. The van der Waals surface area contributed by atoms with E-state index in [2.05, 4.69) is 17.0 Å². The summed E-state index contributed by atoms with van der Waals surface area (Å²) in [6, 6.07) is 6.23. The summed E-state index contributed by atoms with van der Waals surface area (Å²) < 4.78 is 11.4. The zero-order chi connectivity index (χ0) is 12.4. The largest absolute Gasteiger partial charge is 0.490 e. The van der Waals surface area contributed by atoms with Gasteiger partial charge in [-0.1, -0.05) is 0 Å². The van der Waals surface area contributed by atoms with E-state index in [4.69, 9.17) is 15.2 Å². The van der Waals surface area contributed by atoms with Crippen LogP contribution in [0.2, 0.25) is 0 Å². The van der Waals surface area contributed by atoms with E-state index in [1.54, 1.807) is 0 Å². The molecule has 1 fully saturated rings. The third-order valence-electron chi connectivity index (χ3n) is 3.72. The highest BCUT2D eigenvalue weighted by Crippen LogP contribution is 2.35. The van der Waals surface area contributed by atoms with Crippen LogP contribution in [0, 0.1) is 5.92 Å². The van der Waals surface area contributed by atoms with Crippen molar-refractivity contribution in [2.24, 2.45) is 11.7 Å². The highest BCUT2D eigenvalue weighted by Gasteiger charge is 2.22. The van der Waals surface area contributed by atoms with Crippen molar-refractivity contribution in [2.45, 2.75) is 12.8 Å². The molecular weight excluding hydrogens is 228 g/mol. The molecule has 0 spiro atoms. The van der Waals surface area contributed by atoms with Gasteiger partial charge in [-0.05, 0) is 31.0 Å². The molecule has 1 aromatic rings. The molecule has 2 aliphatic heterocycles. The maximum Gasteiger partial charge on any atom is 0.163 e. The number of ether oxygens (including phenoxy) is 2. The molecule has 1 unspecified atom stereocenters. The molecule has 1 aromatic carbocycles. The summed E-state index contributed by atoms with van der Waals surface area (Å²) >= 11 is 0. The Morgan fingerprint density at radius 3 is 2.83 bits per heavy atom. The topological polar surface area (TPSA) is 47.7 Å². The number of nitrogens with zero attached hydrogens (tertiary/aromatic N) is 1. The Morgan fingerprint density at radius 2 is 2.06 bits per heavy atom. The first kappa shape index (κ1) is 11.7. The average molecular weight is 248 g/mol. The molecule has 0 radical (unpaired) electrons. The van der Waals surface area contributed by atoms with Gasteiger partial charge in [-0.2, -0.15) is 0 Å². The van der Waals surface area contributed by atoms with Crippen molar-refractivity contribution < 1.29 is 9.47 Å². The van der Waals surface area contributed by atoms with Crippen molar-refractivity contribution in [1.29, 1.82) is 0 Å². The molecule has 1 saturated heterocycles. The van der Waals surface area contributed by atoms with E-state index in [0.29, 0.717) is 5.92 Å². The standard InChI is InChI=1S/C14H20N2O2/c15-9-11-4-5-16(10-11)12-2-3-13-14(8-12)18-7-1-6-17-13/h2-3,8,11H,1,4-7,9-10,15H2. The van der Waals surface area contributed by atoms with Crippen molar-refractivity contribution in [1.82, 2.24) is 0 Å². The minimum Gasteiger partial charge on any atom is -0.490 e. The van der Waals surface area contributed by atoms with Crippen molar-refractivity contribution >= 4 is 5.69 Å². The second kappa shape index (κ2) is 5.06. The summed E-state index contributed by atoms with van der Waals surface area (Å²) in [5.74, 6) is 2.37. The maximum absolute atomic E-state index is 5.73. The number of anilines is 1. The van der Waals surface area contributed by atoms with Gasteiger partial charge in [-0.3, -0.25) is 0 Å². The lowest BCUT2D eigenvalue weighted by Gasteiger charge is -2.20. The third-order valence-corrected chi connectivity index (χ3v) is 3.72. The van der Waals surface area contributed by atoms with Crippen molar-refractivity contribution in [3.8, 4) is 11.5 Å². The molecule has 0 aliphatic carbocycles. The molecule has 18 heavy (non-hydrogen) atoms. The van der Waals surface area contributed by atoms with Gasteiger partial charge in [-0.25, -0.2) is 0 Å². The van der Waals surface area contributed by atoms with E-state index >= 15 is 0 Å². The van der Waals surface area contributed by atoms with Gasteiger partial charge in [0.2, 0.25) is 0 Å². The molecule has 98 valence electrons. The van der Waals surface area contributed by atoms with Crippen LogP contribution in [0.3, 0.4) is 0 Å². The first-order valence-corrected chi connectivity index (χ1v) is 6.71. The molecule has 4 nitrogen and oxygen atoms in total. The van der Waals surface area contributed by atoms with Crippen LogP contribution in [0.25, 0.3) is 0 Å². The van der Waals surface area contributed by atoms with Crippen LogP contribution >= 0.6 is 0 Å².